The number of benzene rings is 1. The molecular weight excluding hydrogens is 382 g/mol. The number of nitrogens with zero attached hydrogens (tertiary/aromatic N) is 1. The zero-order chi connectivity index (χ0) is 22.4. The summed E-state index contributed by atoms with van der Waals surface area (Å²) in [5.74, 6) is -0.624. The molecular formula is C24H35NO5. The van der Waals surface area contributed by atoms with E-state index in [1.807, 2.05) is 18.2 Å². The van der Waals surface area contributed by atoms with Crippen molar-refractivity contribution in [3.05, 3.63) is 48.6 Å². The molecule has 1 saturated heterocycles. The highest BCUT2D eigenvalue weighted by Crippen LogP contribution is 2.40. The van der Waals surface area contributed by atoms with Crippen LogP contribution >= 0.6 is 0 Å². The van der Waals surface area contributed by atoms with Gasteiger partial charge in [0.2, 0.25) is 0 Å². The number of ether oxygens (including phenoxy) is 3. The normalized spacial score (nSPS) is 19.6. The molecule has 0 bridgehead atoms. The maximum Gasteiger partial charge on any atom is 0.338 e. The quantitative estimate of drug-likeness (QED) is 0.344. The number of likely N-dealkylation sites (tertiary alicyclic amines) is 1. The van der Waals surface area contributed by atoms with E-state index in [4.69, 9.17) is 14.2 Å². The average molecular weight is 418 g/mol. The van der Waals surface area contributed by atoms with E-state index < -0.39 is 0 Å². The van der Waals surface area contributed by atoms with E-state index >= 15 is 0 Å². The lowest BCUT2D eigenvalue weighted by atomic mass is 9.77. The lowest BCUT2D eigenvalue weighted by Gasteiger charge is -2.55. The zero-order valence-electron chi connectivity index (χ0n) is 18.8. The number of carbonyl (C=O) groups excluding carboxylic acids is 2. The van der Waals surface area contributed by atoms with Crippen LogP contribution in [0.25, 0.3) is 0 Å². The van der Waals surface area contributed by atoms with Crippen LogP contribution < -0.4 is 0 Å². The standard InChI is InChI=1S/C24H35NO5/c1-7-13-28-17-21(29-18(2)26)16-25-23(3,4)14-20(15-24(25,5)6)30-22(27)19-11-9-8-10-12-19/h7-12,20-21H,1,13-17H2,2-6H3. The Hall–Kier alpha value is -2.18. The fraction of sp³-hybridized carbons (Fsp3) is 0.583. The van der Waals surface area contributed by atoms with Gasteiger partial charge in [0.25, 0.3) is 0 Å². The third-order valence-electron chi connectivity index (χ3n) is 5.46. The van der Waals surface area contributed by atoms with Crippen molar-refractivity contribution in [3.63, 3.8) is 0 Å². The number of hydrogen-bond donors (Lipinski definition) is 0. The van der Waals surface area contributed by atoms with Crippen LogP contribution in [0.2, 0.25) is 0 Å². The Morgan fingerprint density at radius 3 is 2.30 bits per heavy atom. The van der Waals surface area contributed by atoms with E-state index in [1.54, 1.807) is 18.2 Å². The van der Waals surface area contributed by atoms with Crippen LogP contribution in [0.4, 0.5) is 0 Å². The predicted molar refractivity (Wildman–Crippen MR) is 116 cm³/mol. The van der Waals surface area contributed by atoms with Gasteiger partial charge in [-0.15, -0.1) is 6.58 Å². The molecule has 0 radical (unpaired) electrons. The molecule has 1 unspecified atom stereocenters. The van der Waals surface area contributed by atoms with Gasteiger partial charge in [0.05, 0.1) is 18.8 Å². The number of rotatable bonds is 9. The van der Waals surface area contributed by atoms with Crippen molar-refractivity contribution in [2.75, 3.05) is 19.8 Å². The number of hydrogen-bond acceptors (Lipinski definition) is 6. The first-order chi connectivity index (χ1) is 14.0. The van der Waals surface area contributed by atoms with Crippen molar-refractivity contribution in [3.8, 4) is 0 Å². The highest BCUT2D eigenvalue weighted by molar-refractivity contribution is 5.89. The summed E-state index contributed by atoms with van der Waals surface area (Å²) in [6, 6.07) is 9.06. The number of esters is 2. The molecule has 6 nitrogen and oxygen atoms in total. The number of carbonyl (C=O) groups is 2. The van der Waals surface area contributed by atoms with Crippen molar-refractivity contribution in [2.45, 2.75) is 70.7 Å². The predicted octanol–water partition coefficient (Wildman–Crippen LogP) is 4.00. The second-order valence-corrected chi connectivity index (χ2v) is 9.09. The van der Waals surface area contributed by atoms with Gasteiger partial charge in [0.1, 0.15) is 12.2 Å². The molecule has 0 amide bonds. The molecule has 0 N–H and O–H groups in total. The summed E-state index contributed by atoms with van der Waals surface area (Å²) in [4.78, 5) is 26.5. The molecule has 0 saturated carbocycles. The molecule has 1 heterocycles. The van der Waals surface area contributed by atoms with Crippen molar-refractivity contribution >= 4 is 11.9 Å². The van der Waals surface area contributed by atoms with E-state index in [-0.39, 0.29) is 35.2 Å². The van der Waals surface area contributed by atoms with E-state index in [1.165, 1.54) is 6.92 Å². The van der Waals surface area contributed by atoms with Crippen LogP contribution in [-0.4, -0.2) is 59.9 Å². The maximum absolute atomic E-state index is 12.5. The van der Waals surface area contributed by atoms with Gasteiger partial charge in [-0.3, -0.25) is 9.69 Å². The van der Waals surface area contributed by atoms with Crippen LogP contribution in [-0.2, 0) is 19.0 Å². The van der Waals surface area contributed by atoms with Crippen molar-refractivity contribution in [1.82, 2.24) is 4.90 Å². The summed E-state index contributed by atoms with van der Waals surface area (Å²) < 4.78 is 16.9. The third-order valence-corrected chi connectivity index (χ3v) is 5.46. The highest BCUT2D eigenvalue weighted by atomic mass is 16.6. The minimum absolute atomic E-state index is 0.192. The topological polar surface area (TPSA) is 65.1 Å². The molecule has 0 aromatic heterocycles. The van der Waals surface area contributed by atoms with Gasteiger partial charge in [-0.2, -0.15) is 0 Å². The van der Waals surface area contributed by atoms with E-state index in [2.05, 4.69) is 39.2 Å². The monoisotopic (exact) mass is 417 g/mol. The molecule has 0 aliphatic carbocycles. The fourth-order valence-electron chi connectivity index (χ4n) is 4.44. The summed E-state index contributed by atoms with van der Waals surface area (Å²) in [7, 11) is 0. The molecule has 1 aliphatic rings. The Morgan fingerprint density at radius 1 is 1.17 bits per heavy atom. The molecule has 166 valence electrons. The minimum Gasteiger partial charge on any atom is -0.459 e. The van der Waals surface area contributed by atoms with Gasteiger partial charge >= 0.3 is 11.9 Å². The van der Waals surface area contributed by atoms with Gasteiger partial charge < -0.3 is 14.2 Å². The molecule has 1 aromatic rings. The first-order valence-corrected chi connectivity index (χ1v) is 10.4. The minimum atomic E-state index is -0.385. The van der Waals surface area contributed by atoms with Crippen LogP contribution in [0.5, 0.6) is 0 Å². The molecule has 1 aromatic carbocycles. The van der Waals surface area contributed by atoms with Gasteiger partial charge in [0.15, 0.2) is 0 Å². The Kier molecular flexibility index (Phi) is 8.21. The van der Waals surface area contributed by atoms with Gasteiger partial charge in [0, 0.05) is 37.4 Å². The Balaban J connectivity index is 2.10. The van der Waals surface area contributed by atoms with Crippen molar-refractivity contribution < 1.29 is 23.8 Å². The second-order valence-electron chi connectivity index (χ2n) is 9.09. The SMILES string of the molecule is C=CCOCC(CN1C(C)(C)CC(OC(=O)c2ccccc2)CC1(C)C)OC(C)=O. The van der Waals surface area contributed by atoms with E-state index in [9.17, 15) is 9.59 Å². The Labute approximate surface area is 180 Å². The third kappa shape index (κ3) is 6.67. The summed E-state index contributed by atoms with van der Waals surface area (Å²) >= 11 is 0. The molecule has 6 heteroatoms. The second kappa shape index (κ2) is 10.2. The van der Waals surface area contributed by atoms with Crippen molar-refractivity contribution in [1.29, 1.82) is 0 Å². The molecule has 30 heavy (non-hydrogen) atoms. The van der Waals surface area contributed by atoms with Crippen LogP contribution in [0.3, 0.4) is 0 Å². The molecule has 1 fully saturated rings. The largest absolute Gasteiger partial charge is 0.459 e. The lowest BCUT2D eigenvalue weighted by molar-refractivity contribution is -0.157. The summed E-state index contributed by atoms with van der Waals surface area (Å²) in [5.41, 5.74) is 0.0327. The Morgan fingerprint density at radius 2 is 1.77 bits per heavy atom. The summed E-state index contributed by atoms with van der Waals surface area (Å²) in [6.45, 7) is 14.8. The van der Waals surface area contributed by atoms with E-state index in [0.717, 1.165) is 0 Å². The summed E-state index contributed by atoms with van der Waals surface area (Å²) in [6.07, 6.45) is 2.48. The fourth-order valence-corrected chi connectivity index (χ4v) is 4.44. The van der Waals surface area contributed by atoms with Gasteiger partial charge in [-0.25, -0.2) is 4.79 Å². The highest BCUT2D eigenvalue weighted by Gasteiger charge is 2.47. The maximum atomic E-state index is 12.5. The number of piperidine rings is 1. The molecule has 1 atom stereocenters. The first-order valence-electron chi connectivity index (χ1n) is 10.4. The zero-order valence-corrected chi connectivity index (χ0v) is 18.8. The van der Waals surface area contributed by atoms with Crippen molar-refractivity contribution in [2.24, 2.45) is 0 Å². The average Bonchev–Trinajstić information content (AvgIpc) is 2.64. The van der Waals surface area contributed by atoms with Crippen LogP contribution in [0.1, 0.15) is 57.8 Å². The molecule has 1 aliphatic heterocycles. The summed E-state index contributed by atoms with van der Waals surface area (Å²) in [5, 5.41) is 0. The lowest BCUT2D eigenvalue weighted by Crippen LogP contribution is -2.64. The Bertz CT molecular complexity index is 710. The molecule has 0 spiro atoms. The molecule has 2 rings (SSSR count). The smallest absolute Gasteiger partial charge is 0.338 e. The van der Waals surface area contributed by atoms with Crippen LogP contribution in [0, 0.1) is 0 Å². The van der Waals surface area contributed by atoms with Crippen LogP contribution in [0.15, 0.2) is 43.0 Å². The van der Waals surface area contributed by atoms with Gasteiger partial charge in [-0.1, -0.05) is 24.3 Å². The van der Waals surface area contributed by atoms with Gasteiger partial charge in [-0.05, 0) is 39.8 Å². The first kappa shape index (κ1) is 24.1. The van der Waals surface area contributed by atoms with E-state index in [0.29, 0.717) is 38.2 Å².